The number of carbonyl (C=O) groups excluding carboxylic acids is 1. The predicted octanol–water partition coefficient (Wildman–Crippen LogP) is 1.68. The molecule has 4 heteroatoms. The third-order valence-electron chi connectivity index (χ3n) is 3.09. The second-order valence-corrected chi connectivity index (χ2v) is 5.00. The molecule has 3 N–H and O–H groups in total. The van der Waals surface area contributed by atoms with E-state index in [0.29, 0.717) is 13.1 Å². The van der Waals surface area contributed by atoms with Crippen molar-refractivity contribution in [3.63, 3.8) is 0 Å². The zero-order chi connectivity index (χ0) is 13.3. The maximum atomic E-state index is 11.8. The molecule has 0 aromatic heterocycles. The minimum absolute atomic E-state index is 0.0623. The molecule has 102 valence electrons. The highest BCUT2D eigenvalue weighted by molar-refractivity contribution is 5.82. The van der Waals surface area contributed by atoms with Crippen molar-refractivity contribution in [2.45, 2.75) is 53.1 Å². The van der Waals surface area contributed by atoms with E-state index in [0.717, 1.165) is 25.9 Å². The molecule has 0 saturated heterocycles. The molecule has 0 radical (unpaired) electrons. The van der Waals surface area contributed by atoms with E-state index in [4.69, 9.17) is 10.5 Å². The second kappa shape index (κ2) is 8.48. The zero-order valence-electron chi connectivity index (χ0n) is 11.7. The number of nitrogens with one attached hydrogen (secondary N) is 1. The van der Waals surface area contributed by atoms with Gasteiger partial charge in [-0.05, 0) is 40.0 Å². The maximum Gasteiger partial charge on any atom is 0.227 e. The highest BCUT2D eigenvalue weighted by Crippen LogP contribution is 2.18. The molecular weight excluding hydrogens is 216 g/mol. The summed E-state index contributed by atoms with van der Waals surface area (Å²) < 4.78 is 5.43. The fourth-order valence-corrected chi connectivity index (χ4v) is 1.36. The molecule has 0 saturated carbocycles. The predicted molar refractivity (Wildman–Crippen MR) is 70.8 cm³/mol. The van der Waals surface area contributed by atoms with Gasteiger partial charge in [-0.15, -0.1) is 0 Å². The molecule has 1 atom stereocenters. The van der Waals surface area contributed by atoms with Crippen molar-refractivity contribution in [3.05, 3.63) is 0 Å². The van der Waals surface area contributed by atoms with Crippen molar-refractivity contribution >= 4 is 5.91 Å². The van der Waals surface area contributed by atoms with Gasteiger partial charge in [0.2, 0.25) is 5.91 Å². The molecular formula is C13H28N2O2. The van der Waals surface area contributed by atoms with Gasteiger partial charge in [-0.3, -0.25) is 4.79 Å². The number of hydrogen-bond donors (Lipinski definition) is 2. The zero-order valence-corrected chi connectivity index (χ0v) is 11.7. The monoisotopic (exact) mass is 244 g/mol. The van der Waals surface area contributed by atoms with E-state index in [-0.39, 0.29) is 12.0 Å². The molecule has 0 spiro atoms. The van der Waals surface area contributed by atoms with Crippen LogP contribution in [0, 0.1) is 5.41 Å². The van der Waals surface area contributed by atoms with Crippen LogP contribution in [0.1, 0.15) is 47.0 Å². The molecule has 0 aromatic rings. The van der Waals surface area contributed by atoms with Gasteiger partial charge < -0.3 is 15.8 Å². The van der Waals surface area contributed by atoms with Gasteiger partial charge in [-0.1, -0.05) is 6.92 Å². The first-order chi connectivity index (χ1) is 7.96. The van der Waals surface area contributed by atoms with Gasteiger partial charge in [0.15, 0.2) is 0 Å². The van der Waals surface area contributed by atoms with Crippen molar-refractivity contribution in [1.82, 2.24) is 5.32 Å². The molecule has 17 heavy (non-hydrogen) atoms. The van der Waals surface area contributed by atoms with E-state index in [1.807, 2.05) is 27.7 Å². The first-order valence-corrected chi connectivity index (χ1v) is 6.56. The molecule has 0 rings (SSSR count). The molecule has 0 bridgehead atoms. The summed E-state index contributed by atoms with van der Waals surface area (Å²) in [4.78, 5) is 11.8. The van der Waals surface area contributed by atoms with Gasteiger partial charge in [-0.2, -0.15) is 0 Å². The van der Waals surface area contributed by atoms with Crippen molar-refractivity contribution in [2.24, 2.45) is 11.1 Å². The lowest BCUT2D eigenvalue weighted by atomic mass is 9.86. The van der Waals surface area contributed by atoms with Crippen LogP contribution in [-0.4, -0.2) is 31.7 Å². The minimum atomic E-state index is -0.422. The summed E-state index contributed by atoms with van der Waals surface area (Å²) in [5, 5.41) is 2.94. The Hall–Kier alpha value is -0.610. The fraction of sp³-hybridized carbons (Fsp3) is 0.923. The van der Waals surface area contributed by atoms with Gasteiger partial charge in [0.1, 0.15) is 0 Å². The van der Waals surface area contributed by atoms with Gasteiger partial charge in [-0.25, -0.2) is 0 Å². The highest BCUT2D eigenvalue weighted by Gasteiger charge is 2.28. The Balaban J connectivity index is 3.64. The maximum absolute atomic E-state index is 11.8. The molecule has 0 aromatic carbocycles. The van der Waals surface area contributed by atoms with E-state index in [9.17, 15) is 4.79 Å². The van der Waals surface area contributed by atoms with Crippen molar-refractivity contribution in [3.8, 4) is 0 Å². The van der Waals surface area contributed by atoms with Gasteiger partial charge in [0, 0.05) is 19.7 Å². The minimum Gasteiger partial charge on any atom is -0.379 e. The standard InChI is InChI=1S/C13H28N2O2/c1-5-13(4,10-14)12(16)15-8-6-7-9-17-11(2)3/h11H,5-10,14H2,1-4H3,(H,15,16). The molecule has 1 unspecified atom stereocenters. The van der Waals surface area contributed by atoms with E-state index < -0.39 is 5.41 Å². The van der Waals surface area contributed by atoms with E-state index >= 15 is 0 Å². The summed E-state index contributed by atoms with van der Waals surface area (Å²) in [6, 6.07) is 0. The smallest absolute Gasteiger partial charge is 0.227 e. The number of hydrogen-bond acceptors (Lipinski definition) is 3. The summed E-state index contributed by atoms with van der Waals surface area (Å²) >= 11 is 0. The van der Waals surface area contributed by atoms with Gasteiger partial charge in [0.25, 0.3) is 0 Å². The largest absolute Gasteiger partial charge is 0.379 e. The fourth-order valence-electron chi connectivity index (χ4n) is 1.36. The third kappa shape index (κ3) is 6.64. The molecule has 0 fully saturated rings. The number of ether oxygens (including phenoxy) is 1. The van der Waals surface area contributed by atoms with E-state index in [1.165, 1.54) is 0 Å². The summed E-state index contributed by atoms with van der Waals surface area (Å²) in [5.41, 5.74) is 5.20. The van der Waals surface area contributed by atoms with Crippen LogP contribution in [0.5, 0.6) is 0 Å². The Morgan fingerprint density at radius 3 is 2.53 bits per heavy atom. The van der Waals surface area contributed by atoms with E-state index in [2.05, 4.69) is 5.32 Å². The van der Waals surface area contributed by atoms with Gasteiger partial charge >= 0.3 is 0 Å². The third-order valence-corrected chi connectivity index (χ3v) is 3.09. The topological polar surface area (TPSA) is 64.4 Å². The summed E-state index contributed by atoms with van der Waals surface area (Å²) in [5.74, 6) is 0.0623. The Kier molecular flexibility index (Phi) is 8.17. The Bertz CT molecular complexity index is 213. The average Bonchev–Trinajstić information content (AvgIpc) is 2.31. The number of rotatable bonds is 9. The lowest BCUT2D eigenvalue weighted by molar-refractivity contribution is -0.129. The number of carbonyl (C=O) groups is 1. The van der Waals surface area contributed by atoms with Crippen molar-refractivity contribution in [2.75, 3.05) is 19.7 Å². The van der Waals surface area contributed by atoms with Crippen LogP contribution in [0.4, 0.5) is 0 Å². The van der Waals surface area contributed by atoms with Crippen LogP contribution < -0.4 is 11.1 Å². The molecule has 4 nitrogen and oxygen atoms in total. The molecule has 0 aliphatic rings. The number of unbranched alkanes of at least 4 members (excludes halogenated alkanes) is 1. The first kappa shape index (κ1) is 16.4. The summed E-state index contributed by atoms with van der Waals surface area (Å²) in [7, 11) is 0. The molecule has 0 aliphatic heterocycles. The van der Waals surface area contributed by atoms with E-state index in [1.54, 1.807) is 0 Å². The Morgan fingerprint density at radius 2 is 2.06 bits per heavy atom. The van der Waals surface area contributed by atoms with Crippen LogP contribution in [0.25, 0.3) is 0 Å². The molecule has 1 amide bonds. The first-order valence-electron chi connectivity index (χ1n) is 6.56. The van der Waals surface area contributed by atoms with Crippen LogP contribution in [-0.2, 0) is 9.53 Å². The van der Waals surface area contributed by atoms with Crippen LogP contribution in [0.3, 0.4) is 0 Å². The van der Waals surface area contributed by atoms with Crippen LogP contribution in [0.15, 0.2) is 0 Å². The Morgan fingerprint density at radius 1 is 1.41 bits per heavy atom. The molecule has 0 heterocycles. The quantitative estimate of drug-likeness (QED) is 0.607. The molecule has 0 aliphatic carbocycles. The Labute approximate surface area is 105 Å². The normalized spacial score (nSPS) is 14.7. The summed E-state index contributed by atoms with van der Waals surface area (Å²) in [6.45, 7) is 9.80. The van der Waals surface area contributed by atoms with Crippen molar-refractivity contribution < 1.29 is 9.53 Å². The highest BCUT2D eigenvalue weighted by atomic mass is 16.5. The lowest BCUT2D eigenvalue weighted by Gasteiger charge is -2.24. The van der Waals surface area contributed by atoms with Crippen molar-refractivity contribution in [1.29, 1.82) is 0 Å². The second-order valence-electron chi connectivity index (χ2n) is 5.00. The average molecular weight is 244 g/mol. The number of nitrogens with two attached hydrogens (primary N) is 1. The van der Waals surface area contributed by atoms with Gasteiger partial charge in [0.05, 0.1) is 11.5 Å². The summed E-state index contributed by atoms with van der Waals surface area (Å²) in [6.07, 6.45) is 2.98. The van der Waals surface area contributed by atoms with Crippen LogP contribution in [0.2, 0.25) is 0 Å². The lowest BCUT2D eigenvalue weighted by Crippen LogP contribution is -2.43. The SMILES string of the molecule is CCC(C)(CN)C(=O)NCCCCOC(C)C. The van der Waals surface area contributed by atoms with Crippen LogP contribution >= 0.6 is 0 Å². The number of amides is 1.